The standard InChI is InChI=1S/C12H17NO4S2/c1-2-10-5-6-11(18-10)19(16,17)13-7-3-4-9(8-13)12(14)15/h5-6,9H,2-4,7-8H2,1H3,(H,14,15). The lowest BCUT2D eigenvalue weighted by molar-refractivity contribution is -0.142. The lowest BCUT2D eigenvalue weighted by Gasteiger charge is -2.29. The number of rotatable bonds is 4. The molecule has 0 aromatic carbocycles. The molecular formula is C12H17NO4S2. The maximum absolute atomic E-state index is 12.4. The Morgan fingerprint density at radius 3 is 2.84 bits per heavy atom. The van der Waals surface area contributed by atoms with Crippen molar-refractivity contribution in [1.29, 1.82) is 0 Å². The Labute approximate surface area is 116 Å². The largest absolute Gasteiger partial charge is 0.481 e. The number of hydrogen-bond acceptors (Lipinski definition) is 4. The number of thiophene rings is 1. The maximum Gasteiger partial charge on any atom is 0.307 e. The fourth-order valence-electron chi connectivity index (χ4n) is 2.18. The van der Waals surface area contributed by atoms with Gasteiger partial charge in [-0.15, -0.1) is 11.3 Å². The Hall–Kier alpha value is -0.920. The lowest BCUT2D eigenvalue weighted by Crippen LogP contribution is -2.41. The van der Waals surface area contributed by atoms with Crippen LogP contribution in [0.15, 0.2) is 16.3 Å². The van der Waals surface area contributed by atoms with Gasteiger partial charge < -0.3 is 5.11 Å². The third kappa shape index (κ3) is 2.98. The summed E-state index contributed by atoms with van der Waals surface area (Å²) in [5.41, 5.74) is 0. The van der Waals surface area contributed by atoms with Crippen LogP contribution in [0.5, 0.6) is 0 Å². The van der Waals surface area contributed by atoms with Crippen LogP contribution in [0.1, 0.15) is 24.6 Å². The van der Waals surface area contributed by atoms with E-state index in [4.69, 9.17) is 5.11 Å². The van der Waals surface area contributed by atoms with Crippen LogP contribution in [-0.2, 0) is 21.2 Å². The molecule has 1 aliphatic heterocycles. The number of piperidine rings is 1. The van der Waals surface area contributed by atoms with Crippen LogP contribution in [-0.4, -0.2) is 36.9 Å². The number of carbonyl (C=O) groups is 1. The predicted octanol–water partition coefficient (Wildman–Crippen LogP) is 1.80. The van der Waals surface area contributed by atoms with E-state index in [-0.39, 0.29) is 6.54 Å². The number of carboxylic acids is 1. The molecule has 2 rings (SSSR count). The fraction of sp³-hybridized carbons (Fsp3) is 0.583. The summed E-state index contributed by atoms with van der Waals surface area (Å²) in [4.78, 5) is 12.0. The minimum atomic E-state index is -3.53. The molecule has 106 valence electrons. The Morgan fingerprint density at radius 1 is 1.53 bits per heavy atom. The van der Waals surface area contributed by atoms with Gasteiger partial charge in [0.25, 0.3) is 10.0 Å². The van der Waals surface area contributed by atoms with Gasteiger partial charge >= 0.3 is 5.97 Å². The zero-order valence-electron chi connectivity index (χ0n) is 10.7. The Bertz CT molecular complexity index is 564. The summed E-state index contributed by atoms with van der Waals surface area (Å²) in [7, 11) is -3.53. The number of sulfonamides is 1. The normalized spacial score (nSPS) is 21.4. The molecule has 1 fully saturated rings. The number of aryl methyl sites for hydroxylation is 1. The summed E-state index contributed by atoms with van der Waals surface area (Å²) >= 11 is 1.27. The lowest BCUT2D eigenvalue weighted by atomic mass is 10.0. The summed E-state index contributed by atoms with van der Waals surface area (Å²) < 4.78 is 26.5. The molecule has 1 aliphatic rings. The molecule has 1 aromatic heterocycles. The van der Waals surface area contributed by atoms with Crippen molar-refractivity contribution in [3.63, 3.8) is 0 Å². The molecule has 5 nitrogen and oxygen atoms in total. The molecule has 0 amide bonds. The molecule has 7 heteroatoms. The first-order chi connectivity index (χ1) is 8.95. The Morgan fingerprint density at radius 2 is 2.26 bits per heavy atom. The van der Waals surface area contributed by atoms with Gasteiger partial charge in [-0.25, -0.2) is 8.42 Å². The van der Waals surface area contributed by atoms with Crippen LogP contribution < -0.4 is 0 Å². The van der Waals surface area contributed by atoms with Gasteiger partial charge in [0.1, 0.15) is 4.21 Å². The molecule has 19 heavy (non-hydrogen) atoms. The van der Waals surface area contributed by atoms with Crippen molar-refractivity contribution in [2.24, 2.45) is 5.92 Å². The van der Waals surface area contributed by atoms with E-state index in [9.17, 15) is 13.2 Å². The van der Waals surface area contributed by atoms with Crippen LogP contribution >= 0.6 is 11.3 Å². The average molecular weight is 303 g/mol. The van der Waals surface area contributed by atoms with Gasteiger partial charge in [-0.3, -0.25) is 4.79 Å². The first-order valence-electron chi connectivity index (χ1n) is 6.26. The van der Waals surface area contributed by atoms with Crippen LogP contribution in [0.4, 0.5) is 0 Å². The molecular weight excluding hydrogens is 286 g/mol. The smallest absolute Gasteiger partial charge is 0.307 e. The molecule has 0 saturated carbocycles. The van der Waals surface area contributed by atoms with Gasteiger partial charge in [-0.1, -0.05) is 6.92 Å². The summed E-state index contributed by atoms with van der Waals surface area (Å²) in [6.45, 7) is 2.46. The molecule has 0 aliphatic carbocycles. The molecule has 1 aromatic rings. The first-order valence-corrected chi connectivity index (χ1v) is 8.52. The van der Waals surface area contributed by atoms with Gasteiger partial charge in [0, 0.05) is 18.0 Å². The average Bonchev–Trinajstić information content (AvgIpc) is 2.88. The topological polar surface area (TPSA) is 74.7 Å². The van der Waals surface area contributed by atoms with E-state index in [0.717, 1.165) is 11.3 Å². The zero-order chi connectivity index (χ0) is 14.0. The Kier molecular flexibility index (Phi) is 4.27. The van der Waals surface area contributed by atoms with Crippen molar-refractivity contribution in [2.75, 3.05) is 13.1 Å². The summed E-state index contributed by atoms with van der Waals surface area (Å²) in [5.74, 6) is -1.51. The van der Waals surface area contributed by atoms with Gasteiger partial charge in [0.15, 0.2) is 0 Å². The van der Waals surface area contributed by atoms with E-state index in [1.54, 1.807) is 6.07 Å². The quantitative estimate of drug-likeness (QED) is 0.920. The number of hydrogen-bond donors (Lipinski definition) is 1. The van der Waals surface area contributed by atoms with Crippen molar-refractivity contribution >= 4 is 27.3 Å². The SMILES string of the molecule is CCc1ccc(S(=O)(=O)N2CCCC(C(=O)O)C2)s1. The van der Waals surface area contributed by atoms with Gasteiger partial charge in [-0.2, -0.15) is 4.31 Å². The maximum atomic E-state index is 12.4. The highest BCUT2D eigenvalue weighted by molar-refractivity contribution is 7.91. The van der Waals surface area contributed by atoms with Crippen LogP contribution in [0.2, 0.25) is 0 Å². The highest BCUT2D eigenvalue weighted by Gasteiger charge is 2.33. The molecule has 0 radical (unpaired) electrons. The van der Waals surface area contributed by atoms with E-state index in [2.05, 4.69) is 0 Å². The third-order valence-corrected chi connectivity index (χ3v) is 6.88. The molecule has 1 N–H and O–H groups in total. The van der Waals surface area contributed by atoms with E-state index in [0.29, 0.717) is 23.6 Å². The van der Waals surface area contributed by atoms with E-state index < -0.39 is 21.9 Å². The molecule has 1 atom stereocenters. The van der Waals surface area contributed by atoms with Crippen molar-refractivity contribution in [3.05, 3.63) is 17.0 Å². The highest BCUT2D eigenvalue weighted by Crippen LogP contribution is 2.28. The third-order valence-electron chi connectivity index (χ3n) is 3.31. The van der Waals surface area contributed by atoms with Crippen LogP contribution in [0.3, 0.4) is 0 Å². The minimum absolute atomic E-state index is 0.0804. The first kappa shape index (κ1) is 14.5. The molecule has 0 spiro atoms. The monoisotopic (exact) mass is 303 g/mol. The van der Waals surface area contributed by atoms with Crippen molar-refractivity contribution in [2.45, 2.75) is 30.4 Å². The van der Waals surface area contributed by atoms with Crippen LogP contribution in [0.25, 0.3) is 0 Å². The highest BCUT2D eigenvalue weighted by atomic mass is 32.2. The number of nitrogens with zero attached hydrogens (tertiary/aromatic N) is 1. The minimum Gasteiger partial charge on any atom is -0.481 e. The van der Waals surface area contributed by atoms with Crippen molar-refractivity contribution < 1.29 is 18.3 Å². The fourth-order valence-corrected chi connectivity index (χ4v) is 5.15. The molecule has 1 unspecified atom stereocenters. The molecule has 2 heterocycles. The van der Waals surface area contributed by atoms with E-state index in [1.165, 1.54) is 15.6 Å². The van der Waals surface area contributed by atoms with Crippen LogP contribution in [0, 0.1) is 5.92 Å². The zero-order valence-corrected chi connectivity index (χ0v) is 12.3. The summed E-state index contributed by atoms with van der Waals surface area (Å²) in [5, 5.41) is 9.02. The number of aliphatic carboxylic acids is 1. The second-order valence-corrected chi connectivity index (χ2v) is 7.95. The summed E-state index contributed by atoms with van der Waals surface area (Å²) in [6, 6.07) is 3.43. The summed E-state index contributed by atoms with van der Waals surface area (Å²) in [6.07, 6.45) is 1.95. The Balaban J connectivity index is 2.21. The van der Waals surface area contributed by atoms with E-state index in [1.807, 2.05) is 13.0 Å². The van der Waals surface area contributed by atoms with Gasteiger partial charge in [0.2, 0.25) is 0 Å². The second kappa shape index (κ2) is 5.60. The predicted molar refractivity (Wildman–Crippen MR) is 72.8 cm³/mol. The van der Waals surface area contributed by atoms with E-state index >= 15 is 0 Å². The molecule has 0 bridgehead atoms. The van der Waals surface area contributed by atoms with Crippen molar-refractivity contribution in [1.82, 2.24) is 4.31 Å². The number of carboxylic acid groups (broad SMARTS) is 1. The second-order valence-electron chi connectivity index (χ2n) is 4.61. The van der Waals surface area contributed by atoms with Gasteiger partial charge in [0.05, 0.1) is 5.92 Å². The van der Waals surface area contributed by atoms with Gasteiger partial charge in [-0.05, 0) is 31.4 Å². The molecule has 1 saturated heterocycles. The van der Waals surface area contributed by atoms with Crippen molar-refractivity contribution in [3.8, 4) is 0 Å².